The molecule has 0 bridgehead atoms. The number of furan rings is 1. The van der Waals surface area contributed by atoms with Crippen LogP contribution in [0.1, 0.15) is 26.0 Å². The lowest BCUT2D eigenvalue weighted by Crippen LogP contribution is -2.21. The molecule has 15 heavy (non-hydrogen) atoms. The summed E-state index contributed by atoms with van der Waals surface area (Å²) in [6, 6.07) is 3.59. The summed E-state index contributed by atoms with van der Waals surface area (Å²) >= 11 is 0. The fourth-order valence-electron chi connectivity index (χ4n) is 1.94. The van der Waals surface area contributed by atoms with E-state index >= 15 is 0 Å². The van der Waals surface area contributed by atoms with Gasteiger partial charge in [0.1, 0.15) is 5.76 Å². The van der Waals surface area contributed by atoms with E-state index in [1.165, 1.54) is 0 Å². The molecule has 0 unspecified atom stereocenters. The Labute approximate surface area is 89.3 Å². The predicted octanol–water partition coefficient (Wildman–Crippen LogP) is 3.22. The first-order valence-electron chi connectivity index (χ1n) is 4.99. The van der Waals surface area contributed by atoms with Crippen molar-refractivity contribution in [3.63, 3.8) is 0 Å². The summed E-state index contributed by atoms with van der Waals surface area (Å²) in [5, 5.41) is 0. The van der Waals surface area contributed by atoms with Gasteiger partial charge in [0.2, 0.25) is 0 Å². The Morgan fingerprint density at radius 1 is 1.47 bits per heavy atom. The largest absolute Gasteiger partial charge is 0.464 e. The zero-order chi connectivity index (χ0) is 11.1. The lowest BCUT2D eigenvalue weighted by atomic mass is 9.76. The van der Waals surface area contributed by atoms with Crippen LogP contribution in [0, 0.1) is 5.41 Å². The van der Waals surface area contributed by atoms with E-state index < -0.39 is 0 Å². The Balaban J connectivity index is 2.50. The van der Waals surface area contributed by atoms with E-state index in [0.29, 0.717) is 16.9 Å². The highest BCUT2D eigenvalue weighted by Crippen LogP contribution is 2.37. The Kier molecular flexibility index (Phi) is 2.14. The SMILES string of the molecule is C=C1CC(C)(C)C=C(c2ccco2)C1=O. The molecule has 0 aromatic carbocycles. The van der Waals surface area contributed by atoms with Crippen LogP contribution in [0.4, 0.5) is 0 Å². The summed E-state index contributed by atoms with van der Waals surface area (Å²) in [5.74, 6) is 0.637. The minimum absolute atomic E-state index is 0.00396. The van der Waals surface area contributed by atoms with Gasteiger partial charge >= 0.3 is 0 Å². The molecule has 1 aliphatic carbocycles. The van der Waals surface area contributed by atoms with Gasteiger partial charge in [-0.05, 0) is 29.5 Å². The zero-order valence-corrected chi connectivity index (χ0v) is 9.04. The monoisotopic (exact) mass is 202 g/mol. The van der Waals surface area contributed by atoms with Crippen molar-refractivity contribution < 1.29 is 9.21 Å². The van der Waals surface area contributed by atoms with E-state index in [-0.39, 0.29) is 11.2 Å². The topological polar surface area (TPSA) is 30.2 Å². The molecule has 0 fully saturated rings. The van der Waals surface area contributed by atoms with Crippen molar-refractivity contribution in [2.45, 2.75) is 20.3 Å². The molecule has 0 amide bonds. The van der Waals surface area contributed by atoms with Crippen LogP contribution in [0.3, 0.4) is 0 Å². The quantitative estimate of drug-likeness (QED) is 0.654. The predicted molar refractivity (Wildman–Crippen MR) is 59.2 cm³/mol. The van der Waals surface area contributed by atoms with E-state index in [4.69, 9.17) is 4.42 Å². The molecule has 1 aliphatic rings. The Morgan fingerprint density at radius 2 is 2.20 bits per heavy atom. The third-order valence-corrected chi connectivity index (χ3v) is 2.56. The van der Waals surface area contributed by atoms with Crippen molar-refractivity contribution in [1.82, 2.24) is 0 Å². The van der Waals surface area contributed by atoms with Crippen LogP contribution in [0.2, 0.25) is 0 Å². The van der Waals surface area contributed by atoms with Gasteiger partial charge < -0.3 is 4.42 Å². The van der Waals surface area contributed by atoms with Gasteiger partial charge in [0.15, 0.2) is 5.78 Å². The highest BCUT2D eigenvalue weighted by molar-refractivity contribution is 6.28. The minimum atomic E-state index is -0.0207. The van der Waals surface area contributed by atoms with Crippen LogP contribution in [-0.2, 0) is 4.79 Å². The van der Waals surface area contributed by atoms with E-state index in [0.717, 1.165) is 6.42 Å². The summed E-state index contributed by atoms with van der Waals surface area (Å²) in [6.45, 7) is 8.00. The van der Waals surface area contributed by atoms with Crippen LogP contribution in [0.5, 0.6) is 0 Å². The lowest BCUT2D eigenvalue weighted by Gasteiger charge is -2.27. The highest BCUT2D eigenvalue weighted by atomic mass is 16.3. The van der Waals surface area contributed by atoms with Gasteiger partial charge in [0, 0.05) is 0 Å². The molecule has 0 saturated heterocycles. The highest BCUT2D eigenvalue weighted by Gasteiger charge is 2.30. The molecule has 2 heteroatoms. The molecule has 0 atom stereocenters. The Bertz CT molecular complexity index is 433. The molecule has 2 nitrogen and oxygen atoms in total. The fourth-order valence-corrected chi connectivity index (χ4v) is 1.94. The van der Waals surface area contributed by atoms with Gasteiger partial charge in [0.05, 0.1) is 11.8 Å². The third-order valence-electron chi connectivity index (χ3n) is 2.56. The van der Waals surface area contributed by atoms with Crippen LogP contribution < -0.4 is 0 Å². The Hall–Kier alpha value is -1.57. The average molecular weight is 202 g/mol. The number of carbonyl (C=O) groups is 1. The third kappa shape index (κ3) is 1.80. The van der Waals surface area contributed by atoms with Crippen LogP contribution in [0.25, 0.3) is 5.57 Å². The second-order valence-corrected chi connectivity index (χ2v) is 4.63. The van der Waals surface area contributed by atoms with E-state index in [9.17, 15) is 4.79 Å². The average Bonchev–Trinajstić information content (AvgIpc) is 2.63. The summed E-state index contributed by atoms with van der Waals surface area (Å²) in [6.07, 6.45) is 4.27. The summed E-state index contributed by atoms with van der Waals surface area (Å²) in [5.41, 5.74) is 1.28. The second-order valence-electron chi connectivity index (χ2n) is 4.63. The first-order chi connectivity index (χ1) is 6.99. The van der Waals surface area contributed by atoms with Crippen molar-refractivity contribution in [3.8, 4) is 0 Å². The summed E-state index contributed by atoms with van der Waals surface area (Å²) < 4.78 is 5.25. The molecule has 0 saturated carbocycles. The maximum Gasteiger partial charge on any atom is 0.191 e. The van der Waals surface area contributed by atoms with Gasteiger partial charge in [-0.1, -0.05) is 26.5 Å². The molecule has 1 heterocycles. The maximum atomic E-state index is 11.9. The first kappa shape index (κ1) is 9.97. The van der Waals surface area contributed by atoms with Crippen LogP contribution in [-0.4, -0.2) is 5.78 Å². The molecular formula is C13H14O2. The molecule has 0 radical (unpaired) electrons. The fraction of sp³-hybridized carbons (Fsp3) is 0.308. The molecule has 0 N–H and O–H groups in total. The molecule has 2 rings (SSSR count). The molecule has 0 spiro atoms. The van der Waals surface area contributed by atoms with Crippen LogP contribution in [0.15, 0.2) is 41.0 Å². The van der Waals surface area contributed by atoms with Crippen molar-refractivity contribution in [2.24, 2.45) is 5.41 Å². The number of allylic oxidation sites excluding steroid dienone is 3. The molecule has 1 aromatic rings. The van der Waals surface area contributed by atoms with Gasteiger partial charge in [-0.3, -0.25) is 4.79 Å². The van der Waals surface area contributed by atoms with Crippen molar-refractivity contribution in [1.29, 1.82) is 0 Å². The smallest absolute Gasteiger partial charge is 0.191 e. The second kappa shape index (κ2) is 3.23. The van der Waals surface area contributed by atoms with E-state index in [1.54, 1.807) is 18.4 Å². The number of Topliss-reactive ketones (excluding diaryl/α,β-unsaturated/α-hetero) is 1. The number of hydrogen-bond donors (Lipinski definition) is 0. The molecule has 0 aliphatic heterocycles. The van der Waals surface area contributed by atoms with Crippen LogP contribution >= 0.6 is 0 Å². The normalized spacial score (nSPS) is 20.3. The van der Waals surface area contributed by atoms with Crippen molar-refractivity contribution in [3.05, 3.63) is 42.4 Å². The molecular weight excluding hydrogens is 188 g/mol. The minimum Gasteiger partial charge on any atom is -0.464 e. The maximum absolute atomic E-state index is 11.9. The summed E-state index contributed by atoms with van der Waals surface area (Å²) in [7, 11) is 0. The lowest BCUT2D eigenvalue weighted by molar-refractivity contribution is -0.111. The van der Waals surface area contributed by atoms with Gasteiger partial charge in [0.25, 0.3) is 0 Å². The number of rotatable bonds is 1. The number of carbonyl (C=O) groups excluding carboxylic acids is 1. The standard InChI is InChI=1S/C13H14O2/c1-9-7-13(2,3)8-10(12(9)14)11-5-4-6-15-11/h4-6,8H,1,7H2,2-3H3. The number of hydrogen-bond acceptors (Lipinski definition) is 2. The first-order valence-corrected chi connectivity index (χ1v) is 4.99. The van der Waals surface area contributed by atoms with Gasteiger partial charge in [-0.15, -0.1) is 0 Å². The zero-order valence-electron chi connectivity index (χ0n) is 9.04. The Morgan fingerprint density at radius 3 is 2.80 bits per heavy atom. The molecule has 78 valence electrons. The molecule has 1 aromatic heterocycles. The van der Waals surface area contributed by atoms with E-state index in [2.05, 4.69) is 20.4 Å². The van der Waals surface area contributed by atoms with Crippen molar-refractivity contribution in [2.75, 3.05) is 0 Å². The van der Waals surface area contributed by atoms with Crippen molar-refractivity contribution >= 4 is 11.4 Å². The van der Waals surface area contributed by atoms with E-state index in [1.807, 2.05) is 6.08 Å². The van der Waals surface area contributed by atoms with Gasteiger partial charge in [-0.25, -0.2) is 0 Å². The number of ketones is 1. The summed E-state index contributed by atoms with van der Waals surface area (Å²) in [4.78, 5) is 11.9. The van der Waals surface area contributed by atoms with Gasteiger partial charge in [-0.2, -0.15) is 0 Å².